The molecule has 27 heavy (non-hydrogen) atoms. The van der Waals surface area contributed by atoms with E-state index in [-0.39, 0.29) is 17.5 Å². The van der Waals surface area contributed by atoms with Crippen molar-refractivity contribution < 1.29 is 16.8 Å². The monoisotopic (exact) mass is 492 g/mol. The summed E-state index contributed by atoms with van der Waals surface area (Å²) in [4.78, 5) is 0.178. The third-order valence-corrected chi connectivity index (χ3v) is 10.3. The first-order valence-corrected chi connectivity index (χ1v) is 13.2. The largest absolute Gasteiger partial charge is 0.252 e. The smallest absolute Gasteiger partial charge is 0.211 e. The molecule has 1 aromatic carbocycles. The van der Waals surface area contributed by atoms with Gasteiger partial charge in [0.1, 0.15) is 4.21 Å². The van der Waals surface area contributed by atoms with Crippen LogP contribution in [0.15, 0.2) is 55.4 Å². The number of nitrogens with one attached hydrogen (secondary N) is 1. The number of piperidine rings is 1. The van der Waals surface area contributed by atoms with Gasteiger partial charge in [0, 0.05) is 23.6 Å². The fraction of sp³-hybridized carbons (Fsp3) is 0.412. The molecule has 1 fully saturated rings. The predicted octanol–water partition coefficient (Wildman–Crippen LogP) is 3.42. The first-order chi connectivity index (χ1) is 12.8. The fourth-order valence-electron chi connectivity index (χ4n) is 3.21. The van der Waals surface area contributed by atoms with Crippen LogP contribution in [0.1, 0.15) is 25.7 Å². The molecule has 0 spiro atoms. The number of rotatable bonds is 7. The van der Waals surface area contributed by atoms with Crippen molar-refractivity contribution in [2.24, 2.45) is 0 Å². The Balaban J connectivity index is 1.68. The summed E-state index contributed by atoms with van der Waals surface area (Å²) in [6.45, 7) is 0.659. The van der Waals surface area contributed by atoms with E-state index in [9.17, 15) is 16.8 Å². The van der Waals surface area contributed by atoms with Gasteiger partial charge in [-0.2, -0.15) is 4.31 Å². The van der Waals surface area contributed by atoms with Gasteiger partial charge < -0.3 is 0 Å². The van der Waals surface area contributed by atoms with E-state index in [2.05, 4.69) is 20.7 Å². The van der Waals surface area contributed by atoms with E-state index in [4.69, 9.17) is 0 Å². The number of halogens is 1. The van der Waals surface area contributed by atoms with E-state index in [0.29, 0.717) is 21.6 Å². The highest BCUT2D eigenvalue weighted by atomic mass is 79.9. The lowest BCUT2D eigenvalue weighted by Crippen LogP contribution is -2.44. The molecule has 1 aliphatic rings. The summed E-state index contributed by atoms with van der Waals surface area (Å²) in [5, 5.41) is 1.75. The number of nitrogens with zero attached hydrogens (tertiary/aromatic N) is 1. The maximum Gasteiger partial charge on any atom is 0.252 e. The number of hydrogen-bond donors (Lipinski definition) is 1. The highest BCUT2D eigenvalue weighted by molar-refractivity contribution is 9.10. The highest BCUT2D eigenvalue weighted by Gasteiger charge is 2.34. The van der Waals surface area contributed by atoms with Crippen molar-refractivity contribution >= 4 is 47.3 Å². The van der Waals surface area contributed by atoms with Crippen LogP contribution in [0.4, 0.5) is 0 Å². The zero-order valence-electron chi connectivity index (χ0n) is 14.5. The van der Waals surface area contributed by atoms with E-state index in [0.717, 1.165) is 19.3 Å². The maximum absolute atomic E-state index is 12.9. The van der Waals surface area contributed by atoms with E-state index in [1.807, 2.05) is 0 Å². The zero-order chi connectivity index (χ0) is 19.5. The van der Waals surface area contributed by atoms with Crippen LogP contribution in [0.25, 0.3) is 0 Å². The summed E-state index contributed by atoms with van der Waals surface area (Å²) < 4.78 is 55.7. The molecule has 1 aromatic heterocycles. The Kier molecular flexibility index (Phi) is 6.75. The Labute approximate surface area is 172 Å². The van der Waals surface area contributed by atoms with Crippen molar-refractivity contribution in [2.75, 3.05) is 13.1 Å². The molecule has 10 heteroatoms. The van der Waals surface area contributed by atoms with Gasteiger partial charge >= 0.3 is 0 Å². The molecule has 0 aliphatic carbocycles. The van der Waals surface area contributed by atoms with Crippen LogP contribution in [0, 0.1) is 0 Å². The predicted molar refractivity (Wildman–Crippen MR) is 110 cm³/mol. The average molecular weight is 493 g/mol. The second-order valence-electron chi connectivity index (χ2n) is 6.31. The van der Waals surface area contributed by atoms with Crippen LogP contribution in [-0.2, 0) is 20.0 Å². The molecule has 0 bridgehead atoms. The summed E-state index contributed by atoms with van der Waals surface area (Å²) in [5.74, 6) is 0. The van der Waals surface area contributed by atoms with Crippen molar-refractivity contribution in [1.82, 2.24) is 9.03 Å². The SMILES string of the molecule is O=S(=O)(NCCC1CCCCN1S(=O)(=O)c1cccs1)c1ccccc1Br. The van der Waals surface area contributed by atoms with Gasteiger partial charge in [-0.1, -0.05) is 24.6 Å². The lowest BCUT2D eigenvalue weighted by molar-refractivity contribution is 0.242. The molecule has 148 valence electrons. The lowest BCUT2D eigenvalue weighted by atomic mass is 10.0. The number of thiophene rings is 1. The van der Waals surface area contributed by atoms with Gasteiger partial charge in [0.25, 0.3) is 10.0 Å². The van der Waals surface area contributed by atoms with Gasteiger partial charge in [-0.25, -0.2) is 21.6 Å². The fourth-order valence-corrected chi connectivity index (χ4v) is 8.10. The molecule has 1 saturated heterocycles. The van der Waals surface area contributed by atoms with Crippen molar-refractivity contribution in [1.29, 1.82) is 0 Å². The molecule has 0 amide bonds. The molecule has 1 unspecified atom stereocenters. The number of hydrogen-bond acceptors (Lipinski definition) is 5. The van der Waals surface area contributed by atoms with Crippen LogP contribution in [0.5, 0.6) is 0 Å². The topological polar surface area (TPSA) is 83.6 Å². The molecular weight excluding hydrogens is 472 g/mol. The average Bonchev–Trinajstić information content (AvgIpc) is 3.18. The van der Waals surface area contributed by atoms with E-state index >= 15 is 0 Å². The maximum atomic E-state index is 12.9. The molecule has 1 atom stereocenters. The summed E-state index contributed by atoms with van der Waals surface area (Å²) in [6.07, 6.45) is 2.94. The van der Waals surface area contributed by atoms with E-state index in [1.165, 1.54) is 21.7 Å². The highest BCUT2D eigenvalue weighted by Crippen LogP contribution is 2.29. The molecule has 6 nitrogen and oxygen atoms in total. The number of sulfonamides is 2. The normalized spacial score (nSPS) is 19.2. The molecule has 2 aromatic rings. The third kappa shape index (κ3) is 4.80. The van der Waals surface area contributed by atoms with Crippen LogP contribution in [0.3, 0.4) is 0 Å². The second-order valence-corrected chi connectivity index (χ2v) is 12.0. The molecule has 3 rings (SSSR count). The minimum Gasteiger partial charge on any atom is -0.211 e. The van der Waals surface area contributed by atoms with Gasteiger partial charge in [-0.15, -0.1) is 11.3 Å². The summed E-state index contributed by atoms with van der Waals surface area (Å²) in [6, 6.07) is 9.75. The summed E-state index contributed by atoms with van der Waals surface area (Å²) >= 11 is 4.46. The van der Waals surface area contributed by atoms with Gasteiger partial charge in [0.05, 0.1) is 4.90 Å². The first kappa shape index (κ1) is 20.9. The van der Waals surface area contributed by atoms with Crippen LogP contribution < -0.4 is 4.72 Å². The summed E-state index contributed by atoms with van der Waals surface area (Å²) in [7, 11) is -7.18. The van der Waals surface area contributed by atoms with Crippen LogP contribution >= 0.6 is 27.3 Å². The Hall–Kier alpha value is -0.780. The lowest BCUT2D eigenvalue weighted by Gasteiger charge is -2.34. The first-order valence-electron chi connectivity index (χ1n) is 8.62. The molecule has 0 saturated carbocycles. The third-order valence-electron chi connectivity index (χ3n) is 4.53. The van der Waals surface area contributed by atoms with Crippen LogP contribution in [-0.4, -0.2) is 40.3 Å². The Morgan fingerprint density at radius 3 is 2.59 bits per heavy atom. The minimum absolute atomic E-state index is 0.178. The van der Waals surface area contributed by atoms with Crippen molar-refractivity contribution in [3.8, 4) is 0 Å². The Morgan fingerprint density at radius 1 is 1.11 bits per heavy atom. The molecule has 1 aliphatic heterocycles. The molecular formula is C17H21BrN2O4S3. The standard InChI is InChI=1S/C17H21BrN2O4S3/c18-15-7-1-2-8-16(15)26(21,22)19-11-10-14-6-3-4-12-20(14)27(23,24)17-9-5-13-25-17/h1-2,5,7-9,13-14,19H,3-4,6,10-12H2. The Morgan fingerprint density at radius 2 is 1.89 bits per heavy atom. The van der Waals surface area contributed by atoms with Crippen molar-refractivity contribution in [2.45, 2.75) is 40.8 Å². The zero-order valence-corrected chi connectivity index (χ0v) is 18.6. The minimum atomic E-state index is -3.65. The van der Waals surface area contributed by atoms with E-state index in [1.54, 1.807) is 35.7 Å². The quantitative estimate of drug-likeness (QED) is 0.641. The van der Waals surface area contributed by atoms with Gasteiger partial charge in [0.2, 0.25) is 10.0 Å². The van der Waals surface area contributed by atoms with Gasteiger partial charge in [-0.3, -0.25) is 0 Å². The van der Waals surface area contributed by atoms with Crippen LogP contribution in [0.2, 0.25) is 0 Å². The molecule has 0 radical (unpaired) electrons. The number of benzene rings is 1. The van der Waals surface area contributed by atoms with Crippen molar-refractivity contribution in [3.63, 3.8) is 0 Å². The Bertz CT molecular complexity index is 975. The van der Waals surface area contributed by atoms with E-state index < -0.39 is 20.0 Å². The summed E-state index contributed by atoms with van der Waals surface area (Å²) in [5.41, 5.74) is 0. The second kappa shape index (κ2) is 8.71. The van der Waals surface area contributed by atoms with Gasteiger partial charge in [-0.05, 0) is 58.8 Å². The molecule has 2 heterocycles. The van der Waals surface area contributed by atoms with Gasteiger partial charge in [0.15, 0.2) is 0 Å². The van der Waals surface area contributed by atoms with Crippen molar-refractivity contribution in [3.05, 3.63) is 46.3 Å². The molecule has 1 N–H and O–H groups in total.